The van der Waals surface area contributed by atoms with E-state index in [2.05, 4.69) is 5.32 Å². The third kappa shape index (κ3) is 2.89. The second-order valence-electron chi connectivity index (χ2n) is 4.17. The highest BCUT2D eigenvalue weighted by Gasteiger charge is 2.18. The molecule has 108 valence electrons. The first-order chi connectivity index (χ1) is 9.90. The number of amides is 1. The molecule has 0 aliphatic carbocycles. The summed E-state index contributed by atoms with van der Waals surface area (Å²) in [7, 11) is 0. The number of aromatic carboxylic acids is 1. The normalized spacial score (nSPS) is 10.1. The Bertz CT molecular complexity index is 734. The van der Waals surface area contributed by atoms with Gasteiger partial charge in [0.1, 0.15) is 6.26 Å². The van der Waals surface area contributed by atoms with Gasteiger partial charge in [-0.3, -0.25) is 14.9 Å². The second-order valence-corrected chi connectivity index (χ2v) is 4.17. The van der Waals surface area contributed by atoms with Gasteiger partial charge in [-0.1, -0.05) is 6.07 Å². The van der Waals surface area contributed by atoms with Gasteiger partial charge in [0, 0.05) is 12.1 Å². The van der Waals surface area contributed by atoms with Crippen LogP contribution in [0.1, 0.15) is 26.5 Å². The molecule has 0 radical (unpaired) electrons. The van der Waals surface area contributed by atoms with Gasteiger partial charge in [-0.05, 0) is 13.0 Å². The standard InChI is InChI=1S/C13H10N2O6/c1-7-9(3-2-4-10(7)15(19)20)14-12(16)11-5-8(6-21-11)13(17)18/h2-6H,1H3,(H,14,16)(H,17,18). The van der Waals surface area contributed by atoms with Crippen LogP contribution in [0, 0.1) is 17.0 Å². The zero-order valence-electron chi connectivity index (χ0n) is 10.8. The molecule has 0 atom stereocenters. The summed E-state index contributed by atoms with van der Waals surface area (Å²) in [6, 6.07) is 5.33. The third-order valence-corrected chi connectivity index (χ3v) is 2.82. The summed E-state index contributed by atoms with van der Waals surface area (Å²) in [5, 5.41) is 22.0. The minimum Gasteiger partial charge on any atom is -0.478 e. The molecule has 0 saturated carbocycles. The third-order valence-electron chi connectivity index (χ3n) is 2.82. The molecule has 0 bridgehead atoms. The van der Waals surface area contributed by atoms with Crippen molar-refractivity contribution in [2.45, 2.75) is 6.92 Å². The monoisotopic (exact) mass is 290 g/mol. The lowest BCUT2D eigenvalue weighted by atomic mass is 10.1. The maximum absolute atomic E-state index is 11.9. The largest absolute Gasteiger partial charge is 0.478 e. The summed E-state index contributed by atoms with van der Waals surface area (Å²) in [6.07, 6.45) is 0.942. The van der Waals surface area contributed by atoms with Gasteiger partial charge in [-0.2, -0.15) is 0 Å². The number of carboxylic acids is 1. The molecule has 0 aliphatic heterocycles. The number of carboxylic acid groups (broad SMARTS) is 1. The predicted molar refractivity (Wildman–Crippen MR) is 71.5 cm³/mol. The Morgan fingerprint density at radius 2 is 2.10 bits per heavy atom. The van der Waals surface area contributed by atoms with Gasteiger partial charge in [0.25, 0.3) is 11.6 Å². The highest BCUT2D eigenvalue weighted by atomic mass is 16.6. The fraction of sp³-hybridized carbons (Fsp3) is 0.0769. The molecular weight excluding hydrogens is 280 g/mol. The number of carbonyl (C=O) groups excluding carboxylic acids is 1. The van der Waals surface area contributed by atoms with E-state index in [1.54, 1.807) is 0 Å². The van der Waals surface area contributed by atoms with Crippen molar-refractivity contribution in [2.75, 3.05) is 5.32 Å². The number of nitro groups is 1. The van der Waals surface area contributed by atoms with Crippen LogP contribution in [0.25, 0.3) is 0 Å². The van der Waals surface area contributed by atoms with Crippen LogP contribution in [0.5, 0.6) is 0 Å². The van der Waals surface area contributed by atoms with Crippen LogP contribution in [0.2, 0.25) is 0 Å². The average Bonchev–Trinajstić information content (AvgIpc) is 2.90. The topological polar surface area (TPSA) is 123 Å². The van der Waals surface area contributed by atoms with E-state index in [0.717, 1.165) is 12.3 Å². The van der Waals surface area contributed by atoms with Gasteiger partial charge in [0.05, 0.1) is 21.7 Å². The van der Waals surface area contributed by atoms with E-state index in [9.17, 15) is 19.7 Å². The smallest absolute Gasteiger partial charge is 0.338 e. The van der Waals surface area contributed by atoms with E-state index in [-0.39, 0.29) is 22.7 Å². The summed E-state index contributed by atoms with van der Waals surface area (Å²) >= 11 is 0. The fourth-order valence-electron chi connectivity index (χ4n) is 1.71. The van der Waals surface area contributed by atoms with E-state index in [4.69, 9.17) is 9.52 Å². The molecule has 21 heavy (non-hydrogen) atoms. The molecule has 1 aromatic heterocycles. The predicted octanol–water partition coefficient (Wildman–Crippen LogP) is 2.45. The van der Waals surface area contributed by atoms with Crippen LogP contribution in [0.15, 0.2) is 34.9 Å². The molecule has 0 unspecified atom stereocenters. The van der Waals surface area contributed by atoms with E-state index in [1.807, 2.05) is 0 Å². The summed E-state index contributed by atoms with van der Waals surface area (Å²) in [5.74, 6) is -2.10. The van der Waals surface area contributed by atoms with Crippen LogP contribution >= 0.6 is 0 Å². The Morgan fingerprint density at radius 3 is 2.67 bits per heavy atom. The number of nitrogens with one attached hydrogen (secondary N) is 1. The summed E-state index contributed by atoms with van der Waals surface area (Å²) < 4.78 is 4.85. The molecular formula is C13H10N2O6. The average molecular weight is 290 g/mol. The van der Waals surface area contributed by atoms with Gasteiger partial charge < -0.3 is 14.8 Å². The lowest BCUT2D eigenvalue weighted by molar-refractivity contribution is -0.385. The first-order valence-electron chi connectivity index (χ1n) is 5.77. The molecule has 0 aliphatic rings. The molecule has 8 nitrogen and oxygen atoms in total. The SMILES string of the molecule is Cc1c(NC(=O)c2cc(C(=O)O)co2)cccc1[N+](=O)[O-]. The minimum absolute atomic E-state index is 0.126. The quantitative estimate of drug-likeness (QED) is 0.658. The van der Waals surface area contributed by atoms with Crippen molar-refractivity contribution in [3.05, 3.63) is 57.5 Å². The number of carbonyl (C=O) groups is 2. The molecule has 0 saturated heterocycles. The zero-order valence-corrected chi connectivity index (χ0v) is 10.8. The van der Waals surface area contributed by atoms with Gasteiger partial charge in [-0.15, -0.1) is 0 Å². The van der Waals surface area contributed by atoms with Crippen LogP contribution in [0.3, 0.4) is 0 Å². The molecule has 2 N–H and O–H groups in total. The maximum atomic E-state index is 11.9. The summed E-state index contributed by atoms with van der Waals surface area (Å²) in [6.45, 7) is 1.50. The van der Waals surface area contributed by atoms with Crippen molar-refractivity contribution >= 4 is 23.3 Å². The Kier molecular flexibility index (Phi) is 3.70. The number of anilines is 1. The van der Waals surface area contributed by atoms with Crippen molar-refractivity contribution in [1.29, 1.82) is 0 Å². The molecule has 1 aromatic carbocycles. The van der Waals surface area contributed by atoms with Crippen LogP contribution in [-0.4, -0.2) is 21.9 Å². The van der Waals surface area contributed by atoms with Crippen molar-refractivity contribution in [2.24, 2.45) is 0 Å². The summed E-state index contributed by atoms with van der Waals surface area (Å²) in [5.41, 5.74) is 0.262. The number of hydrogen-bond acceptors (Lipinski definition) is 5. The van der Waals surface area contributed by atoms with E-state index >= 15 is 0 Å². The fourth-order valence-corrected chi connectivity index (χ4v) is 1.71. The molecule has 1 amide bonds. The molecule has 2 rings (SSSR count). The van der Waals surface area contributed by atoms with Gasteiger partial charge in [0.15, 0.2) is 5.76 Å². The number of nitro benzene ring substituents is 1. The van der Waals surface area contributed by atoms with Crippen molar-refractivity contribution in [1.82, 2.24) is 0 Å². The van der Waals surface area contributed by atoms with E-state index < -0.39 is 16.8 Å². The lowest BCUT2D eigenvalue weighted by Crippen LogP contribution is -2.12. The molecule has 2 aromatic rings. The van der Waals surface area contributed by atoms with Gasteiger partial charge in [-0.25, -0.2) is 4.79 Å². The van der Waals surface area contributed by atoms with Crippen LogP contribution in [0.4, 0.5) is 11.4 Å². The molecule has 1 heterocycles. The Hall–Kier alpha value is -3.16. The second kappa shape index (κ2) is 5.45. The highest BCUT2D eigenvalue weighted by Crippen LogP contribution is 2.25. The number of hydrogen-bond donors (Lipinski definition) is 2. The van der Waals surface area contributed by atoms with Crippen LogP contribution in [-0.2, 0) is 0 Å². The number of furan rings is 1. The van der Waals surface area contributed by atoms with Crippen molar-refractivity contribution in [3.63, 3.8) is 0 Å². The Morgan fingerprint density at radius 1 is 1.38 bits per heavy atom. The zero-order chi connectivity index (χ0) is 15.6. The van der Waals surface area contributed by atoms with E-state index in [1.165, 1.54) is 25.1 Å². The number of nitrogens with zero attached hydrogens (tertiary/aromatic N) is 1. The molecule has 0 fully saturated rings. The lowest BCUT2D eigenvalue weighted by Gasteiger charge is -2.06. The van der Waals surface area contributed by atoms with Crippen molar-refractivity contribution < 1.29 is 24.0 Å². The van der Waals surface area contributed by atoms with Gasteiger partial charge in [0.2, 0.25) is 0 Å². The highest BCUT2D eigenvalue weighted by molar-refractivity contribution is 6.04. The minimum atomic E-state index is -1.22. The number of rotatable bonds is 4. The van der Waals surface area contributed by atoms with Crippen LogP contribution < -0.4 is 5.32 Å². The Balaban J connectivity index is 2.25. The Labute approximate surface area is 118 Å². The van der Waals surface area contributed by atoms with Crippen molar-refractivity contribution in [3.8, 4) is 0 Å². The maximum Gasteiger partial charge on any atom is 0.338 e. The summed E-state index contributed by atoms with van der Waals surface area (Å²) in [4.78, 5) is 32.9. The number of benzene rings is 1. The first kappa shape index (κ1) is 14.3. The van der Waals surface area contributed by atoms with Gasteiger partial charge >= 0.3 is 5.97 Å². The van der Waals surface area contributed by atoms with E-state index in [0.29, 0.717) is 5.56 Å². The first-order valence-corrected chi connectivity index (χ1v) is 5.77. The molecule has 8 heteroatoms. The molecule has 0 spiro atoms.